The third-order valence-electron chi connectivity index (χ3n) is 11.3. The molecule has 8 nitrogen and oxygen atoms in total. The number of amides is 2. The lowest BCUT2D eigenvalue weighted by Crippen LogP contribution is -2.57. The maximum atomic E-state index is 14.0. The Balaban J connectivity index is 1.14. The van der Waals surface area contributed by atoms with Crippen molar-refractivity contribution >= 4 is 11.8 Å². The van der Waals surface area contributed by atoms with Crippen molar-refractivity contribution in [3.05, 3.63) is 23.3 Å². The van der Waals surface area contributed by atoms with Crippen LogP contribution in [0.5, 0.6) is 0 Å². The summed E-state index contributed by atoms with van der Waals surface area (Å²) < 4.78 is 5.87. The van der Waals surface area contributed by atoms with Crippen LogP contribution in [-0.4, -0.2) is 94.5 Å². The minimum Gasteiger partial charge on any atom is -0.379 e. The van der Waals surface area contributed by atoms with Crippen molar-refractivity contribution in [3.8, 4) is 0 Å². The molecule has 1 atom stereocenters. The van der Waals surface area contributed by atoms with Gasteiger partial charge in [0.05, 0.1) is 23.1 Å². The molecule has 0 radical (unpaired) electrons. The third kappa shape index (κ3) is 6.85. The van der Waals surface area contributed by atoms with E-state index >= 15 is 0 Å². The van der Waals surface area contributed by atoms with E-state index in [0.29, 0.717) is 29.5 Å². The van der Waals surface area contributed by atoms with Crippen molar-refractivity contribution in [1.82, 2.24) is 24.7 Å². The summed E-state index contributed by atoms with van der Waals surface area (Å²) in [6, 6.07) is 0.525. The molecule has 3 saturated heterocycles. The zero-order chi connectivity index (χ0) is 29.7. The summed E-state index contributed by atoms with van der Waals surface area (Å²) in [7, 11) is 0. The van der Waals surface area contributed by atoms with Gasteiger partial charge in [-0.15, -0.1) is 0 Å². The molecule has 1 aliphatic carbocycles. The van der Waals surface area contributed by atoms with Gasteiger partial charge in [-0.05, 0) is 109 Å². The molecule has 42 heavy (non-hydrogen) atoms. The van der Waals surface area contributed by atoms with Gasteiger partial charge in [0.15, 0.2) is 0 Å². The molecule has 0 aromatic carbocycles. The number of carbonyl (C=O) groups is 2. The summed E-state index contributed by atoms with van der Waals surface area (Å²) in [5.41, 5.74) is 2.37. The number of nitrogens with zero attached hydrogens (tertiary/aromatic N) is 5. The van der Waals surface area contributed by atoms with Gasteiger partial charge in [-0.25, -0.2) is 9.97 Å². The first-order valence-electron chi connectivity index (χ1n) is 17.1. The minimum atomic E-state index is 0.0769. The molecule has 4 aliphatic rings. The number of carbonyl (C=O) groups excluding carboxylic acids is 2. The number of aromatic nitrogens is 2. The van der Waals surface area contributed by atoms with Gasteiger partial charge in [0.2, 0.25) is 5.91 Å². The molecule has 8 heteroatoms. The Morgan fingerprint density at radius 1 is 0.929 bits per heavy atom. The highest BCUT2D eigenvalue weighted by atomic mass is 16.5. The predicted molar refractivity (Wildman–Crippen MR) is 165 cm³/mol. The van der Waals surface area contributed by atoms with Crippen LogP contribution in [0.3, 0.4) is 0 Å². The number of ether oxygens (including phenoxy) is 1. The number of hydrogen-bond acceptors (Lipinski definition) is 6. The van der Waals surface area contributed by atoms with Crippen LogP contribution in [0, 0.1) is 31.1 Å². The molecule has 5 rings (SSSR count). The Hall–Kier alpha value is -2.06. The summed E-state index contributed by atoms with van der Waals surface area (Å²) >= 11 is 0. The van der Waals surface area contributed by atoms with Crippen molar-refractivity contribution in [2.45, 2.75) is 117 Å². The fraction of sp³-hybridized carbons (Fsp3) is 0.824. The van der Waals surface area contributed by atoms with Crippen LogP contribution in [0.15, 0.2) is 6.33 Å². The van der Waals surface area contributed by atoms with Crippen LogP contribution in [0.4, 0.5) is 0 Å². The molecule has 0 unspecified atom stereocenters. The lowest BCUT2D eigenvalue weighted by molar-refractivity contribution is -0.151. The van der Waals surface area contributed by atoms with Crippen LogP contribution in [-0.2, 0) is 9.53 Å². The molecule has 1 spiro atoms. The molecule has 1 aromatic heterocycles. The quantitative estimate of drug-likeness (QED) is 0.388. The Bertz CT molecular complexity index is 1040. The van der Waals surface area contributed by atoms with Crippen LogP contribution in [0.25, 0.3) is 0 Å². The summed E-state index contributed by atoms with van der Waals surface area (Å²) in [4.78, 5) is 42.8. The van der Waals surface area contributed by atoms with Crippen molar-refractivity contribution in [2.24, 2.45) is 17.3 Å². The first-order chi connectivity index (χ1) is 20.3. The largest absolute Gasteiger partial charge is 0.379 e. The number of likely N-dealkylation sites (tertiary alicyclic amines) is 3. The molecule has 0 N–H and O–H groups in total. The van der Waals surface area contributed by atoms with Gasteiger partial charge < -0.3 is 19.4 Å². The van der Waals surface area contributed by atoms with Crippen LogP contribution in [0.2, 0.25) is 0 Å². The van der Waals surface area contributed by atoms with Gasteiger partial charge in [0, 0.05) is 44.7 Å². The molecular formula is C34H55N5O3. The van der Waals surface area contributed by atoms with E-state index in [1.807, 2.05) is 18.7 Å². The normalized spacial score (nSPS) is 27.5. The lowest BCUT2D eigenvalue weighted by atomic mass is 9.62. The fourth-order valence-electron chi connectivity index (χ4n) is 8.60. The lowest BCUT2D eigenvalue weighted by Gasteiger charge is -2.53. The third-order valence-corrected chi connectivity index (χ3v) is 11.3. The van der Waals surface area contributed by atoms with Gasteiger partial charge in [-0.1, -0.05) is 19.8 Å². The van der Waals surface area contributed by atoms with Gasteiger partial charge in [-0.2, -0.15) is 0 Å². The number of aryl methyl sites for hydroxylation is 2. The van der Waals surface area contributed by atoms with Gasteiger partial charge in [-0.3, -0.25) is 9.59 Å². The highest BCUT2D eigenvalue weighted by Gasteiger charge is 2.49. The maximum absolute atomic E-state index is 14.0. The summed E-state index contributed by atoms with van der Waals surface area (Å²) in [6.07, 6.45) is 15.5. The van der Waals surface area contributed by atoms with Crippen LogP contribution in [0.1, 0.15) is 113 Å². The Labute approximate surface area is 254 Å². The smallest absolute Gasteiger partial charge is 0.257 e. The van der Waals surface area contributed by atoms with E-state index in [-0.39, 0.29) is 17.2 Å². The summed E-state index contributed by atoms with van der Waals surface area (Å²) in [5.74, 6) is 1.35. The first-order valence-corrected chi connectivity index (χ1v) is 17.1. The van der Waals surface area contributed by atoms with Crippen molar-refractivity contribution in [3.63, 3.8) is 0 Å². The van der Waals surface area contributed by atoms with Crippen LogP contribution >= 0.6 is 0 Å². The minimum absolute atomic E-state index is 0.0769. The monoisotopic (exact) mass is 581 g/mol. The van der Waals surface area contributed by atoms with E-state index in [0.717, 1.165) is 115 Å². The van der Waals surface area contributed by atoms with Crippen LogP contribution < -0.4 is 0 Å². The zero-order valence-corrected chi connectivity index (χ0v) is 26.8. The Morgan fingerprint density at radius 2 is 1.57 bits per heavy atom. The molecule has 4 fully saturated rings. The van der Waals surface area contributed by atoms with E-state index in [4.69, 9.17) is 4.74 Å². The average molecular weight is 582 g/mol. The summed E-state index contributed by atoms with van der Waals surface area (Å²) in [5, 5.41) is 0. The zero-order valence-electron chi connectivity index (χ0n) is 26.8. The predicted octanol–water partition coefficient (Wildman–Crippen LogP) is 5.41. The van der Waals surface area contributed by atoms with E-state index in [1.165, 1.54) is 25.6 Å². The van der Waals surface area contributed by atoms with Crippen molar-refractivity contribution in [1.29, 1.82) is 0 Å². The SMILES string of the molecule is CCCC[C@H]1C(=O)N(CC2CCC(OCC)CC2)CCC12CCN(C1CCN(C(=O)c3c(C)ncnc3C)CC1)CC2. The average Bonchev–Trinajstić information content (AvgIpc) is 3.00. The molecule has 2 amide bonds. The molecular weight excluding hydrogens is 526 g/mol. The topological polar surface area (TPSA) is 78.9 Å². The first kappa shape index (κ1) is 31.4. The highest BCUT2D eigenvalue weighted by molar-refractivity contribution is 5.96. The number of unbranched alkanes of at least 4 members (excludes halogenated alkanes) is 1. The molecule has 234 valence electrons. The Morgan fingerprint density at radius 3 is 2.19 bits per heavy atom. The van der Waals surface area contributed by atoms with E-state index in [2.05, 4.69) is 33.6 Å². The molecule has 1 saturated carbocycles. The highest BCUT2D eigenvalue weighted by Crippen LogP contribution is 2.48. The molecule has 1 aromatic rings. The van der Waals surface area contributed by atoms with Crippen molar-refractivity contribution in [2.75, 3.05) is 45.9 Å². The second-order valence-electron chi connectivity index (χ2n) is 13.7. The summed E-state index contributed by atoms with van der Waals surface area (Å²) in [6.45, 7) is 14.6. The van der Waals surface area contributed by atoms with Gasteiger partial charge >= 0.3 is 0 Å². The fourth-order valence-corrected chi connectivity index (χ4v) is 8.60. The van der Waals surface area contributed by atoms with E-state index < -0.39 is 0 Å². The Kier molecular flexibility index (Phi) is 10.6. The number of hydrogen-bond donors (Lipinski definition) is 0. The molecule has 4 heterocycles. The standard InChI is InChI=1S/C34H55N5O3/c1-5-7-8-30-32(40)39(23-27-9-11-29(12-10-27)42-6-2)22-17-34(30)15-20-37(21-16-34)28-13-18-38(19-14-28)33(41)31-25(3)35-24-36-26(31)4/h24,27-30H,5-23H2,1-4H3/t27?,29?,30-/m0/s1. The number of piperidine rings is 3. The van der Waals surface area contributed by atoms with Gasteiger partial charge in [0.1, 0.15) is 6.33 Å². The maximum Gasteiger partial charge on any atom is 0.257 e. The number of rotatable bonds is 9. The van der Waals surface area contributed by atoms with E-state index in [9.17, 15) is 9.59 Å². The van der Waals surface area contributed by atoms with Gasteiger partial charge in [0.25, 0.3) is 5.91 Å². The molecule has 3 aliphatic heterocycles. The van der Waals surface area contributed by atoms with Crippen molar-refractivity contribution < 1.29 is 14.3 Å². The molecule has 0 bridgehead atoms. The second kappa shape index (κ2) is 14.1. The second-order valence-corrected chi connectivity index (χ2v) is 13.7. The van der Waals surface area contributed by atoms with E-state index in [1.54, 1.807) is 0 Å².